The number of hydrogen-bond donors (Lipinski definition) is 1. The number of carbonyl (C=O) groups excluding carboxylic acids is 2. The van der Waals surface area contributed by atoms with Gasteiger partial charge in [0, 0.05) is 11.1 Å². The van der Waals surface area contributed by atoms with Crippen LogP contribution in [-0.4, -0.2) is 28.6 Å². The van der Waals surface area contributed by atoms with Crippen molar-refractivity contribution in [1.82, 2.24) is 10.3 Å². The lowest BCUT2D eigenvalue weighted by molar-refractivity contribution is -0.123. The summed E-state index contributed by atoms with van der Waals surface area (Å²) in [6.07, 6.45) is 2.43. The van der Waals surface area contributed by atoms with Crippen LogP contribution in [0.2, 0.25) is 0 Å². The van der Waals surface area contributed by atoms with Crippen molar-refractivity contribution in [2.45, 2.75) is 30.0 Å². The molecule has 6 heteroatoms. The number of para-hydroxylation sites is 1. The molecule has 1 atom stereocenters. The van der Waals surface area contributed by atoms with E-state index in [-0.39, 0.29) is 23.6 Å². The highest BCUT2D eigenvalue weighted by Crippen LogP contribution is 2.39. The van der Waals surface area contributed by atoms with Gasteiger partial charge in [0.05, 0.1) is 23.2 Å². The Bertz CT molecular complexity index is 736. The predicted molar refractivity (Wildman–Crippen MR) is 94.8 cm³/mol. The summed E-state index contributed by atoms with van der Waals surface area (Å²) in [4.78, 5) is 31.7. The maximum atomic E-state index is 12.6. The number of fused-ring (bicyclic) bond motifs is 1. The number of benzene rings is 1. The molecule has 0 saturated heterocycles. The number of thioether (sulfide) groups is 1. The van der Waals surface area contributed by atoms with Crippen molar-refractivity contribution < 1.29 is 9.59 Å². The first-order valence-electron chi connectivity index (χ1n) is 7.92. The van der Waals surface area contributed by atoms with E-state index in [0.717, 1.165) is 22.7 Å². The molecule has 1 N–H and O–H groups in total. The summed E-state index contributed by atoms with van der Waals surface area (Å²) in [5.74, 6) is -0.195. The molecule has 0 radical (unpaired) electrons. The molecule has 1 aliphatic rings. The molecular weight excluding hydrogens is 322 g/mol. The minimum atomic E-state index is -0.189. The van der Waals surface area contributed by atoms with E-state index >= 15 is 0 Å². The molecule has 1 aromatic carbocycles. The fraction of sp³-hybridized carbons (Fsp3) is 0.278. The van der Waals surface area contributed by atoms with Crippen LogP contribution in [0.3, 0.4) is 0 Å². The van der Waals surface area contributed by atoms with Crippen LogP contribution >= 0.6 is 11.8 Å². The summed E-state index contributed by atoms with van der Waals surface area (Å²) in [6, 6.07) is 13.3. The van der Waals surface area contributed by atoms with Gasteiger partial charge in [-0.05, 0) is 30.7 Å². The van der Waals surface area contributed by atoms with Gasteiger partial charge in [-0.2, -0.15) is 0 Å². The Balaban J connectivity index is 1.70. The summed E-state index contributed by atoms with van der Waals surface area (Å²) >= 11 is 1.57. The molecule has 2 heterocycles. The Labute approximate surface area is 145 Å². The standard InChI is InChI=1S/C18H19N3O2S/c1-2-15-18(23)21(14-8-3-4-9-16(14)24-15)12-17(22)20-11-13-7-5-6-10-19-13/h3-10,15H,2,11-12H2,1H3,(H,20,22)/t15-/m0/s1. The van der Waals surface area contributed by atoms with Crippen LogP contribution in [-0.2, 0) is 16.1 Å². The first-order valence-corrected chi connectivity index (χ1v) is 8.80. The lowest BCUT2D eigenvalue weighted by atomic mass is 10.2. The van der Waals surface area contributed by atoms with Crippen molar-refractivity contribution in [3.8, 4) is 0 Å². The molecule has 124 valence electrons. The zero-order chi connectivity index (χ0) is 16.9. The molecule has 0 bridgehead atoms. The predicted octanol–water partition coefficient (Wildman–Crippen LogP) is 2.62. The summed E-state index contributed by atoms with van der Waals surface area (Å²) in [6.45, 7) is 2.37. The smallest absolute Gasteiger partial charge is 0.240 e. The third-order valence-corrected chi connectivity index (χ3v) is 5.25. The number of pyridine rings is 1. The second-order valence-electron chi connectivity index (χ2n) is 5.50. The molecule has 0 spiro atoms. The monoisotopic (exact) mass is 341 g/mol. The molecule has 2 amide bonds. The van der Waals surface area contributed by atoms with Gasteiger partial charge in [0.15, 0.2) is 0 Å². The van der Waals surface area contributed by atoms with Crippen molar-refractivity contribution in [2.75, 3.05) is 11.4 Å². The van der Waals surface area contributed by atoms with Crippen LogP contribution in [0.5, 0.6) is 0 Å². The molecule has 1 aromatic heterocycles. The highest BCUT2D eigenvalue weighted by molar-refractivity contribution is 8.01. The molecule has 24 heavy (non-hydrogen) atoms. The van der Waals surface area contributed by atoms with Crippen LogP contribution in [0.15, 0.2) is 53.6 Å². The van der Waals surface area contributed by atoms with Gasteiger partial charge < -0.3 is 10.2 Å². The van der Waals surface area contributed by atoms with Gasteiger partial charge in [-0.25, -0.2) is 0 Å². The average Bonchev–Trinajstić information content (AvgIpc) is 2.63. The summed E-state index contributed by atoms with van der Waals surface area (Å²) < 4.78 is 0. The van der Waals surface area contributed by atoms with E-state index in [9.17, 15) is 9.59 Å². The molecule has 3 rings (SSSR count). The highest BCUT2D eigenvalue weighted by atomic mass is 32.2. The average molecular weight is 341 g/mol. The van der Waals surface area contributed by atoms with Crippen LogP contribution in [0.1, 0.15) is 19.0 Å². The second kappa shape index (κ2) is 7.49. The van der Waals surface area contributed by atoms with E-state index in [0.29, 0.717) is 6.54 Å². The summed E-state index contributed by atoms with van der Waals surface area (Å²) in [5.41, 5.74) is 1.60. The number of nitrogens with zero attached hydrogens (tertiary/aromatic N) is 2. The van der Waals surface area contributed by atoms with Crippen LogP contribution in [0.25, 0.3) is 0 Å². The topological polar surface area (TPSA) is 62.3 Å². The zero-order valence-corrected chi connectivity index (χ0v) is 14.3. The quantitative estimate of drug-likeness (QED) is 0.908. The van der Waals surface area contributed by atoms with Gasteiger partial charge in [0.1, 0.15) is 6.54 Å². The number of amides is 2. The second-order valence-corrected chi connectivity index (χ2v) is 6.75. The minimum absolute atomic E-state index is 0.00538. The van der Waals surface area contributed by atoms with Gasteiger partial charge in [-0.15, -0.1) is 11.8 Å². The maximum Gasteiger partial charge on any atom is 0.240 e. The van der Waals surface area contributed by atoms with Gasteiger partial charge in [0.2, 0.25) is 11.8 Å². The maximum absolute atomic E-state index is 12.6. The lowest BCUT2D eigenvalue weighted by Gasteiger charge is -2.32. The highest BCUT2D eigenvalue weighted by Gasteiger charge is 2.33. The van der Waals surface area contributed by atoms with Gasteiger partial charge in [-0.3, -0.25) is 14.6 Å². The van der Waals surface area contributed by atoms with E-state index in [2.05, 4.69) is 10.3 Å². The Morgan fingerprint density at radius 1 is 1.25 bits per heavy atom. The summed E-state index contributed by atoms with van der Waals surface area (Å²) in [7, 11) is 0. The number of anilines is 1. The van der Waals surface area contributed by atoms with Crippen LogP contribution in [0.4, 0.5) is 5.69 Å². The number of rotatable bonds is 5. The van der Waals surface area contributed by atoms with E-state index in [1.54, 1.807) is 22.9 Å². The zero-order valence-electron chi connectivity index (χ0n) is 13.4. The molecule has 0 aliphatic carbocycles. The Hall–Kier alpha value is -2.34. The molecular formula is C18H19N3O2S. The third-order valence-electron chi connectivity index (χ3n) is 3.83. The molecule has 0 saturated carbocycles. The van der Waals surface area contributed by atoms with Crippen molar-refractivity contribution in [3.63, 3.8) is 0 Å². The lowest BCUT2D eigenvalue weighted by Crippen LogP contribution is -2.46. The molecule has 1 aliphatic heterocycles. The number of hydrogen-bond acceptors (Lipinski definition) is 4. The number of aromatic nitrogens is 1. The van der Waals surface area contributed by atoms with Crippen molar-refractivity contribution in [1.29, 1.82) is 0 Å². The van der Waals surface area contributed by atoms with E-state index in [1.807, 2.05) is 49.4 Å². The van der Waals surface area contributed by atoms with Crippen molar-refractivity contribution >= 4 is 29.3 Å². The van der Waals surface area contributed by atoms with Crippen molar-refractivity contribution in [3.05, 3.63) is 54.4 Å². The SMILES string of the molecule is CC[C@@H]1Sc2ccccc2N(CC(=O)NCc2ccccn2)C1=O. The van der Waals surface area contributed by atoms with E-state index in [1.165, 1.54) is 0 Å². The summed E-state index contributed by atoms with van der Waals surface area (Å²) in [5, 5.41) is 2.69. The van der Waals surface area contributed by atoms with E-state index in [4.69, 9.17) is 0 Å². The molecule has 0 fully saturated rings. The fourth-order valence-corrected chi connectivity index (χ4v) is 3.75. The number of nitrogens with one attached hydrogen (secondary N) is 1. The van der Waals surface area contributed by atoms with Gasteiger partial charge in [-0.1, -0.05) is 25.1 Å². The van der Waals surface area contributed by atoms with Crippen LogP contribution < -0.4 is 10.2 Å². The molecule has 0 unspecified atom stereocenters. The third kappa shape index (κ3) is 3.59. The minimum Gasteiger partial charge on any atom is -0.349 e. The first-order chi connectivity index (χ1) is 11.7. The van der Waals surface area contributed by atoms with E-state index < -0.39 is 0 Å². The van der Waals surface area contributed by atoms with Crippen LogP contribution in [0, 0.1) is 0 Å². The largest absolute Gasteiger partial charge is 0.349 e. The van der Waals surface area contributed by atoms with Gasteiger partial charge in [0.25, 0.3) is 0 Å². The number of carbonyl (C=O) groups is 2. The Kier molecular flexibility index (Phi) is 5.15. The Morgan fingerprint density at radius 2 is 2.04 bits per heavy atom. The van der Waals surface area contributed by atoms with Crippen molar-refractivity contribution in [2.24, 2.45) is 0 Å². The van der Waals surface area contributed by atoms with Gasteiger partial charge >= 0.3 is 0 Å². The first kappa shape index (κ1) is 16.5. The normalized spacial score (nSPS) is 16.6. The fourth-order valence-electron chi connectivity index (χ4n) is 2.59. The Morgan fingerprint density at radius 3 is 2.79 bits per heavy atom. The molecule has 2 aromatic rings. The molecule has 5 nitrogen and oxygen atoms in total.